The standard InChI is InChI=1S/C20H27N/c1-5-16(4)19(17-9-7-6-8-10-17)20(21)18-12-14(2)11-15(3)13-18/h6-13,16,19-20H,5,21H2,1-4H3. The molecule has 0 aliphatic heterocycles. The van der Waals surface area contributed by atoms with Crippen LogP contribution >= 0.6 is 0 Å². The van der Waals surface area contributed by atoms with E-state index in [-0.39, 0.29) is 6.04 Å². The van der Waals surface area contributed by atoms with E-state index in [4.69, 9.17) is 5.73 Å². The van der Waals surface area contributed by atoms with Crippen molar-refractivity contribution in [3.63, 3.8) is 0 Å². The summed E-state index contributed by atoms with van der Waals surface area (Å²) in [5.41, 5.74) is 11.9. The normalized spacial score (nSPS) is 15.5. The molecule has 0 aliphatic rings. The topological polar surface area (TPSA) is 26.0 Å². The SMILES string of the molecule is CCC(C)C(c1ccccc1)C(N)c1cc(C)cc(C)c1. The molecule has 0 fully saturated rings. The minimum absolute atomic E-state index is 0.0425. The van der Waals surface area contributed by atoms with E-state index < -0.39 is 0 Å². The zero-order valence-electron chi connectivity index (χ0n) is 13.6. The maximum Gasteiger partial charge on any atom is 0.0367 e. The molecule has 3 atom stereocenters. The third-order valence-corrected chi connectivity index (χ3v) is 4.46. The lowest BCUT2D eigenvalue weighted by Gasteiger charge is -2.30. The van der Waals surface area contributed by atoms with Gasteiger partial charge in [0.25, 0.3) is 0 Å². The molecular weight excluding hydrogens is 254 g/mol. The molecule has 1 nitrogen and oxygen atoms in total. The third kappa shape index (κ3) is 3.74. The Labute approximate surface area is 129 Å². The highest BCUT2D eigenvalue weighted by Gasteiger charge is 2.26. The lowest BCUT2D eigenvalue weighted by molar-refractivity contribution is 0.387. The van der Waals surface area contributed by atoms with Crippen LogP contribution < -0.4 is 5.73 Å². The van der Waals surface area contributed by atoms with Crippen LogP contribution in [0.15, 0.2) is 48.5 Å². The van der Waals surface area contributed by atoms with Crippen LogP contribution in [-0.4, -0.2) is 0 Å². The van der Waals surface area contributed by atoms with Gasteiger partial charge in [-0.3, -0.25) is 0 Å². The van der Waals surface area contributed by atoms with Crippen LogP contribution in [0, 0.1) is 19.8 Å². The fraction of sp³-hybridized carbons (Fsp3) is 0.400. The molecule has 0 aromatic heterocycles. The number of rotatable bonds is 5. The van der Waals surface area contributed by atoms with Crippen molar-refractivity contribution in [1.82, 2.24) is 0 Å². The van der Waals surface area contributed by atoms with E-state index in [1.165, 1.54) is 22.3 Å². The molecule has 21 heavy (non-hydrogen) atoms. The molecule has 0 radical (unpaired) electrons. The van der Waals surface area contributed by atoms with E-state index in [9.17, 15) is 0 Å². The van der Waals surface area contributed by atoms with E-state index in [2.05, 4.69) is 76.2 Å². The first-order valence-electron chi connectivity index (χ1n) is 7.91. The predicted octanol–water partition coefficient (Wildman–Crippen LogP) is 5.13. The highest BCUT2D eigenvalue weighted by molar-refractivity contribution is 5.34. The van der Waals surface area contributed by atoms with Gasteiger partial charge in [0.1, 0.15) is 0 Å². The molecule has 0 amide bonds. The first-order valence-corrected chi connectivity index (χ1v) is 7.91. The maximum atomic E-state index is 6.69. The minimum Gasteiger partial charge on any atom is -0.323 e. The highest BCUT2D eigenvalue weighted by Crippen LogP contribution is 2.37. The summed E-state index contributed by atoms with van der Waals surface area (Å²) in [6.45, 7) is 8.84. The Hall–Kier alpha value is -1.60. The lowest BCUT2D eigenvalue weighted by Crippen LogP contribution is -2.25. The Morgan fingerprint density at radius 2 is 1.48 bits per heavy atom. The molecule has 2 N–H and O–H groups in total. The van der Waals surface area contributed by atoms with Crippen LogP contribution in [0.1, 0.15) is 54.5 Å². The molecule has 0 heterocycles. The summed E-state index contributed by atoms with van der Waals surface area (Å²) in [7, 11) is 0. The second kappa shape index (κ2) is 6.91. The quantitative estimate of drug-likeness (QED) is 0.807. The molecule has 0 spiro atoms. The molecule has 0 saturated carbocycles. The zero-order valence-corrected chi connectivity index (χ0v) is 13.6. The molecule has 112 valence electrons. The second-order valence-corrected chi connectivity index (χ2v) is 6.27. The summed E-state index contributed by atoms with van der Waals surface area (Å²) in [5.74, 6) is 0.917. The van der Waals surface area contributed by atoms with Gasteiger partial charge in [-0.2, -0.15) is 0 Å². The summed E-state index contributed by atoms with van der Waals surface area (Å²) in [5, 5.41) is 0. The average Bonchev–Trinajstić information content (AvgIpc) is 2.47. The number of hydrogen-bond acceptors (Lipinski definition) is 1. The second-order valence-electron chi connectivity index (χ2n) is 6.27. The van der Waals surface area contributed by atoms with E-state index in [1.54, 1.807) is 0 Å². The van der Waals surface area contributed by atoms with Crippen molar-refractivity contribution in [3.05, 3.63) is 70.8 Å². The van der Waals surface area contributed by atoms with Crippen LogP contribution in [0.4, 0.5) is 0 Å². The zero-order chi connectivity index (χ0) is 15.4. The summed E-state index contributed by atoms with van der Waals surface area (Å²) in [6.07, 6.45) is 1.14. The van der Waals surface area contributed by atoms with Gasteiger partial charge >= 0.3 is 0 Å². The summed E-state index contributed by atoms with van der Waals surface area (Å²) in [4.78, 5) is 0. The van der Waals surface area contributed by atoms with E-state index in [0.29, 0.717) is 11.8 Å². The van der Waals surface area contributed by atoms with Crippen LogP contribution in [-0.2, 0) is 0 Å². The van der Waals surface area contributed by atoms with Gasteiger partial charge < -0.3 is 5.73 Å². The molecular formula is C20H27N. The smallest absolute Gasteiger partial charge is 0.0367 e. The minimum atomic E-state index is 0.0425. The summed E-state index contributed by atoms with van der Waals surface area (Å²) < 4.78 is 0. The third-order valence-electron chi connectivity index (χ3n) is 4.46. The first kappa shape index (κ1) is 15.8. The molecule has 3 unspecified atom stereocenters. The number of hydrogen-bond donors (Lipinski definition) is 1. The lowest BCUT2D eigenvalue weighted by atomic mass is 9.77. The largest absolute Gasteiger partial charge is 0.323 e. The van der Waals surface area contributed by atoms with Crippen molar-refractivity contribution in [2.45, 2.75) is 46.1 Å². The van der Waals surface area contributed by atoms with Crippen molar-refractivity contribution >= 4 is 0 Å². The predicted molar refractivity (Wildman–Crippen MR) is 91.5 cm³/mol. The fourth-order valence-electron chi connectivity index (χ4n) is 3.23. The van der Waals surface area contributed by atoms with Crippen molar-refractivity contribution in [2.75, 3.05) is 0 Å². The molecule has 2 rings (SSSR count). The van der Waals surface area contributed by atoms with Crippen LogP contribution in [0.25, 0.3) is 0 Å². The van der Waals surface area contributed by atoms with E-state index >= 15 is 0 Å². The first-order chi connectivity index (χ1) is 10.0. The molecule has 0 bridgehead atoms. The Balaban J connectivity index is 2.41. The van der Waals surface area contributed by atoms with Crippen molar-refractivity contribution in [3.8, 4) is 0 Å². The van der Waals surface area contributed by atoms with Crippen molar-refractivity contribution in [1.29, 1.82) is 0 Å². The van der Waals surface area contributed by atoms with Crippen molar-refractivity contribution in [2.24, 2.45) is 11.7 Å². The van der Waals surface area contributed by atoms with Gasteiger partial charge in [0.2, 0.25) is 0 Å². The molecule has 0 saturated heterocycles. The van der Waals surface area contributed by atoms with Crippen LogP contribution in [0.2, 0.25) is 0 Å². The Kier molecular flexibility index (Phi) is 5.19. The molecule has 0 aliphatic carbocycles. The van der Waals surface area contributed by atoms with Crippen LogP contribution in [0.3, 0.4) is 0 Å². The van der Waals surface area contributed by atoms with E-state index in [0.717, 1.165) is 6.42 Å². The Morgan fingerprint density at radius 1 is 0.905 bits per heavy atom. The Bertz CT molecular complexity index is 553. The monoisotopic (exact) mass is 281 g/mol. The van der Waals surface area contributed by atoms with Crippen LogP contribution in [0.5, 0.6) is 0 Å². The Morgan fingerprint density at radius 3 is 2.00 bits per heavy atom. The molecule has 2 aromatic carbocycles. The van der Waals surface area contributed by atoms with E-state index in [1.807, 2.05) is 0 Å². The van der Waals surface area contributed by atoms with Gasteiger partial charge in [-0.15, -0.1) is 0 Å². The molecule has 2 aromatic rings. The van der Waals surface area contributed by atoms with Gasteiger partial charge in [-0.05, 0) is 30.9 Å². The highest BCUT2D eigenvalue weighted by atomic mass is 14.7. The summed E-state index contributed by atoms with van der Waals surface area (Å²) in [6, 6.07) is 17.4. The number of nitrogens with two attached hydrogens (primary N) is 1. The fourth-order valence-corrected chi connectivity index (χ4v) is 3.23. The van der Waals surface area contributed by atoms with Gasteiger partial charge in [0, 0.05) is 12.0 Å². The number of benzene rings is 2. The average molecular weight is 281 g/mol. The summed E-state index contributed by atoms with van der Waals surface area (Å²) >= 11 is 0. The van der Waals surface area contributed by atoms with Crippen molar-refractivity contribution < 1.29 is 0 Å². The van der Waals surface area contributed by atoms with Gasteiger partial charge in [0.15, 0.2) is 0 Å². The molecule has 1 heteroatoms. The number of aryl methyl sites for hydroxylation is 2. The van der Waals surface area contributed by atoms with Gasteiger partial charge in [0.05, 0.1) is 0 Å². The van der Waals surface area contributed by atoms with Gasteiger partial charge in [-0.1, -0.05) is 79.9 Å². The maximum absolute atomic E-state index is 6.69. The van der Waals surface area contributed by atoms with Gasteiger partial charge in [-0.25, -0.2) is 0 Å².